The third-order valence-electron chi connectivity index (χ3n) is 3.59. The number of benzene rings is 2. The lowest BCUT2D eigenvalue weighted by atomic mass is 10.2. The summed E-state index contributed by atoms with van der Waals surface area (Å²) in [5.41, 5.74) is 0.883. The molecular weight excluding hydrogens is 356 g/mol. The smallest absolute Gasteiger partial charge is 0.338 e. The van der Waals surface area contributed by atoms with E-state index in [1.165, 1.54) is 24.3 Å². The molecule has 0 aliphatic heterocycles. The average Bonchev–Trinajstić information content (AvgIpc) is 3.12. The number of sulfone groups is 1. The topological polar surface area (TPSA) is 99.4 Å². The number of esters is 1. The molecule has 1 aromatic heterocycles. The second-order valence-electron chi connectivity index (χ2n) is 5.66. The van der Waals surface area contributed by atoms with Gasteiger partial charge in [0.05, 0.1) is 10.5 Å². The van der Waals surface area contributed by atoms with Gasteiger partial charge in [0.1, 0.15) is 0 Å². The summed E-state index contributed by atoms with van der Waals surface area (Å²) < 4.78 is 34.1. The highest BCUT2D eigenvalue weighted by Crippen LogP contribution is 2.23. The Labute approximate surface area is 150 Å². The molecule has 0 radical (unpaired) electrons. The Morgan fingerprint density at radius 2 is 1.81 bits per heavy atom. The van der Waals surface area contributed by atoms with Crippen molar-refractivity contribution >= 4 is 15.8 Å². The lowest BCUT2D eigenvalue weighted by Crippen LogP contribution is -2.10. The zero-order chi connectivity index (χ0) is 18.7. The predicted octanol–water partition coefficient (Wildman–Crippen LogP) is 3.06. The van der Waals surface area contributed by atoms with Gasteiger partial charge in [-0.15, -0.1) is 10.2 Å². The molecule has 8 heteroatoms. The number of hydrogen-bond donors (Lipinski definition) is 0. The highest BCUT2D eigenvalue weighted by Gasteiger charge is 2.21. The standard InChI is InChI=1S/C18H16N2O5S/c1-12(16-19-20-17(25-16)13-7-4-3-5-8-13)24-18(21)14-9-6-10-15(11-14)26(2,22)23/h3-12H,1-2H3/t12-/m0/s1. The van der Waals surface area contributed by atoms with E-state index in [4.69, 9.17) is 9.15 Å². The second kappa shape index (κ2) is 7.09. The number of nitrogens with zero attached hydrogens (tertiary/aromatic N) is 2. The van der Waals surface area contributed by atoms with Crippen LogP contribution in [0.1, 0.15) is 29.3 Å². The van der Waals surface area contributed by atoms with Crippen molar-refractivity contribution in [2.24, 2.45) is 0 Å². The summed E-state index contributed by atoms with van der Waals surface area (Å²) in [5.74, 6) is -0.207. The van der Waals surface area contributed by atoms with Crippen molar-refractivity contribution in [3.8, 4) is 11.5 Å². The highest BCUT2D eigenvalue weighted by atomic mass is 32.2. The summed E-state index contributed by atoms with van der Waals surface area (Å²) >= 11 is 0. The second-order valence-corrected chi connectivity index (χ2v) is 7.67. The number of carbonyl (C=O) groups excluding carboxylic acids is 1. The van der Waals surface area contributed by atoms with Gasteiger partial charge in [-0.25, -0.2) is 13.2 Å². The molecule has 0 aliphatic rings. The number of aromatic nitrogens is 2. The third-order valence-corrected chi connectivity index (χ3v) is 4.70. The van der Waals surface area contributed by atoms with E-state index in [0.717, 1.165) is 11.8 Å². The van der Waals surface area contributed by atoms with Gasteiger partial charge in [0, 0.05) is 11.8 Å². The molecule has 0 amide bonds. The molecule has 0 aliphatic carbocycles. The van der Waals surface area contributed by atoms with E-state index in [9.17, 15) is 13.2 Å². The first-order valence-corrected chi connectivity index (χ1v) is 9.63. The van der Waals surface area contributed by atoms with E-state index < -0.39 is 21.9 Å². The van der Waals surface area contributed by atoms with E-state index >= 15 is 0 Å². The maximum Gasteiger partial charge on any atom is 0.338 e. The Hall–Kier alpha value is -3.00. The van der Waals surface area contributed by atoms with E-state index in [0.29, 0.717) is 5.89 Å². The third kappa shape index (κ3) is 3.97. The monoisotopic (exact) mass is 372 g/mol. The van der Waals surface area contributed by atoms with Gasteiger partial charge in [-0.05, 0) is 37.3 Å². The van der Waals surface area contributed by atoms with Crippen LogP contribution in [0, 0.1) is 0 Å². The molecule has 0 saturated heterocycles. The van der Waals surface area contributed by atoms with Crippen LogP contribution in [-0.2, 0) is 14.6 Å². The fourth-order valence-corrected chi connectivity index (χ4v) is 2.90. The van der Waals surface area contributed by atoms with Crippen LogP contribution in [0.25, 0.3) is 11.5 Å². The van der Waals surface area contributed by atoms with E-state index in [1.54, 1.807) is 6.92 Å². The van der Waals surface area contributed by atoms with Crippen molar-refractivity contribution < 1.29 is 22.4 Å². The van der Waals surface area contributed by atoms with Gasteiger partial charge in [0.25, 0.3) is 5.89 Å². The van der Waals surface area contributed by atoms with Gasteiger partial charge in [-0.3, -0.25) is 0 Å². The van der Waals surface area contributed by atoms with Crippen LogP contribution >= 0.6 is 0 Å². The summed E-state index contributed by atoms with van der Waals surface area (Å²) in [6, 6.07) is 14.9. The first-order chi connectivity index (χ1) is 12.3. The minimum Gasteiger partial charge on any atom is -0.449 e. The summed E-state index contributed by atoms with van der Waals surface area (Å²) in [6.45, 7) is 1.60. The van der Waals surface area contributed by atoms with Gasteiger partial charge in [0.15, 0.2) is 15.9 Å². The molecule has 0 unspecified atom stereocenters. The lowest BCUT2D eigenvalue weighted by molar-refractivity contribution is 0.0279. The fourth-order valence-electron chi connectivity index (χ4n) is 2.23. The Morgan fingerprint density at radius 1 is 1.08 bits per heavy atom. The van der Waals surface area contributed by atoms with Crippen LogP contribution in [0.3, 0.4) is 0 Å². The van der Waals surface area contributed by atoms with Crippen LogP contribution in [0.5, 0.6) is 0 Å². The molecule has 134 valence electrons. The minimum atomic E-state index is -3.42. The Morgan fingerprint density at radius 3 is 2.50 bits per heavy atom. The molecule has 0 bridgehead atoms. The quantitative estimate of drug-likeness (QED) is 0.635. The molecular formula is C18H16N2O5S. The van der Waals surface area contributed by atoms with Gasteiger partial charge in [-0.1, -0.05) is 24.3 Å². The molecule has 1 heterocycles. The first kappa shape index (κ1) is 17.8. The maximum absolute atomic E-state index is 12.3. The molecule has 0 fully saturated rings. The number of hydrogen-bond acceptors (Lipinski definition) is 7. The molecule has 3 rings (SSSR count). The fraction of sp³-hybridized carbons (Fsp3) is 0.167. The largest absolute Gasteiger partial charge is 0.449 e. The van der Waals surface area contributed by atoms with Gasteiger partial charge < -0.3 is 9.15 Å². The molecule has 3 aromatic rings. The van der Waals surface area contributed by atoms with Crippen molar-refractivity contribution in [3.05, 3.63) is 66.1 Å². The van der Waals surface area contributed by atoms with E-state index in [-0.39, 0.29) is 16.3 Å². The average molecular weight is 372 g/mol. The number of ether oxygens (including phenoxy) is 1. The van der Waals surface area contributed by atoms with Crippen LogP contribution in [0.2, 0.25) is 0 Å². The van der Waals surface area contributed by atoms with Gasteiger partial charge in [-0.2, -0.15) is 0 Å². The summed E-state index contributed by atoms with van der Waals surface area (Å²) in [7, 11) is -3.42. The predicted molar refractivity (Wildman–Crippen MR) is 93.1 cm³/mol. The molecule has 2 aromatic carbocycles. The molecule has 0 saturated carbocycles. The van der Waals surface area contributed by atoms with Crippen molar-refractivity contribution in [3.63, 3.8) is 0 Å². The molecule has 26 heavy (non-hydrogen) atoms. The van der Waals surface area contributed by atoms with Gasteiger partial charge in [0.2, 0.25) is 5.89 Å². The Kier molecular flexibility index (Phi) is 4.85. The lowest BCUT2D eigenvalue weighted by Gasteiger charge is -2.10. The Bertz CT molecular complexity index is 1030. The summed E-state index contributed by atoms with van der Waals surface area (Å²) in [5, 5.41) is 7.85. The van der Waals surface area contributed by atoms with Crippen molar-refractivity contribution in [1.82, 2.24) is 10.2 Å². The summed E-state index contributed by atoms with van der Waals surface area (Å²) in [4.78, 5) is 12.3. The van der Waals surface area contributed by atoms with Crippen LogP contribution in [0.4, 0.5) is 0 Å². The molecule has 0 N–H and O–H groups in total. The number of rotatable bonds is 5. The van der Waals surface area contributed by atoms with Crippen LogP contribution in [0.15, 0.2) is 63.9 Å². The molecule has 1 atom stereocenters. The first-order valence-electron chi connectivity index (χ1n) is 7.74. The SMILES string of the molecule is C[C@H](OC(=O)c1cccc(S(C)(=O)=O)c1)c1nnc(-c2ccccc2)o1. The summed E-state index contributed by atoms with van der Waals surface area (Å²) in [6.07, 6.45) is 0.290. The van der Waals surface area contributed by atoms with Crippen molar-refractivity contribution in [1.29, 1.82) is 0 Å². The zero-order valence-corrected chi connectivity index (χ0v) is 14.9. The van der Waals surface area contributed by atoms with Crippen LogP contribution < -0.4 is 0 Å². The van der Waals surface area contributed by atoms with Crippen molar-refractivity contribution in [2.45, 2.75) is 17.9 Å². The van der Waals surface area contributed by atoms with E-state index in [1.807, 2.05) is 30.3 Å². The van der Waals surface area contributed by atoms with Crippen molar-refractivity contribution in [2.75, 3.05) is 6.26 Å². The molecule has 7 nitrogen and oxygen atoms in total. The Balaban J connectivity index is 1.75. The highest BCUT2D eigenvalue weighted by molar-refractivity contribution is 7.90. The zero-order valence-electron chi connectivity index (χ0n) is 14.1. The van der Waals surface area contributed by atoms with Gasteiger partial charge >= 0.3 is 5.97 Å². The van der Waals surface area contributed by atoms with E-state index in [2.05, 4.69) is 10.2 Å². The molecule has 0 spiro atoms. The number of carbonyl (C=O) groups is 1. The maximum atomic E-state index is 12.3. The normalized spacial score (nSPS) is 12.5. The van der Waals surface area contributed by atoms with Crippen LogP contribution in [-0.4, -0.2) is 30.8 Å². The minimum absolute atomic E-state index is 0.0451.